The number of hydrogen-bond acceptors (Lipinski definition) is 6. The fraction of sp³-hybridized carbons (Fsp3) is 0.471. The van der Waals surface area contributed by atoms with E-state index in [2.05, 4.69) is 10.2 Å². The predicted octanol–water partition coefficient (Wildman–Crippen LogP) is 2.31. The van der Waals surface area contributed by atoms with E-state index < -0.39 is 11.9 Å². The molecule has 25 heavy (non-hydrogen) atoms. The van der Waals surface area contributed by atoms with Crippen molar-refractivity contribution in [3.05, 3.63) is 41.9 Å². The summed E-state index contributed by atoms with van der Waals surface area (Å²) >= 11 is 0. The molecule has 0 aliphatic carbocycles. The minimum Gasteiger partial charge on any atom is -0.481 e. The lowest BCUT2D eigenvalue weighted by Crippen LogP contribution is -2.45. The number of rotatable bonds is 5. The van der Waals surface area contributed by atoms with Crippen LogP contribution in [0.4, 0.5) is 4.39 Å². The van der Waals surface area contributed by atoms with E-state index in [-0.39, 0.29) is 30.8 Å². The van der Waals surface area contributed by atoms with Crippen LogP contribution in [0.25, 0.3) is 0 Å². The number of amides is 1. The summed E-state index contributed by atoms with van der Waals surface area (Å²) in [6.07, 6.45) is 0. The average molecular weight is 349 g/mol. The molecule has 0 unspecified atom stereocenters. The Hall–Kier alpha value is -2.48. The van der Waals surface area contributed by atoms with Crippen molar-refractivity contribution in [2.45, 2.75) is 25.8 Å². The van der Waals surface area contributed by atoms with E-state index >= 15 is 0 Å². The third-order valence-electron chi connectivity index (χ3n) is 3.87. The molecule has 1 saturated heterocycles. The number of carbonyl (C=O) groups excluding carboxylic acids is 1. The summed E-state index contributed by atoms with van der Waals surface area (Å²) in [4.78, 5) is 14.1. The van der Waals surface area contributed by atoms with Crippen LogP contribution >= 0.6 is 0 Å². The Morgan fingerprint density at radius 1 is 1.40 bits per heavy atom. The highest BCUT2D eigenvalue weighted by atomic mass is 19.1. The molecule has 1 fully saturated rings. The summed E-state index contributed by atoms with van der Waals surface area (Å²) in [5.74, 6) is 0.186. The Morgan fingerprint density at radius 2 is 2.20 bits per heavy atom. The number of morpholine rings is 1. The summed E-state index contributed by atoms with van der Waals surface area (Å²) in [7, 11) is 0. The summed E-state index contributed by atoms with van der Waals surface area (Å²) in [6.45, 7) is 4.67. The van der Waals surface area contributed by atoms with E-state index in [1.807, 2.05) is 13.8 Å². The lowest BCUT2D eigenvalue weighted by atomic mass is 10.2. The second-order valence-corrected chi connectivity index (χ2v) is 6.03. The molecule has 1 aromatic carbocycles. The van der Waals surface area contributed by atoms with E-state index in [0.29, 0.717) is 24.9 Å². The first-order valence-electron chi connectivity index (χ1n) is 8.14. The molecule has 134 valence electrons. The molecule has 2 heterocycles. The molecule has 0 N–H and O–H groups in total. The van der Waals surface area contributed by atoms with Gasteiger partial charge in [0.25, 0.3) is 5.91 Å². The number of halogens is 1. The van der Waals surface area contributed by atoms with Crippen LogP contribution in [0.15, 0.2) is 28.7 Å². The van der Waals surface area contributed by atoms with Gasteiger partial charge in [0.05, 0.1) is 13.2 Å². The molecule has 8 heteroatoms. The second kappa shape index (κ2) is 7.60. The Bertz CT molecular complexity index is 734. The second-order valence-electron chi connectivity index (χ2n) is 6.03. The maximum atomic E-state index is 13.6. The maximum Gasteiger partial charge on any atom is 0.261 e. The Kier molecular flexibility index (Phi) is 5.28. The van der Waals surface area contributed by atoms with Crippen molar-refractivity contribution in [1.82, 2.24) is 15.1 Å². The van der Waals surface area contributed by atoms with Gasteiger partial charge in [-0.15, -0.1) is 10.2 Å². The largest absolute Gasteiger partial charge is 0.481 e. The highest BCUT2D eigenvalue weighted by Crippen LogP contribution is 2.25. The van der Waals surface area contributed by atoms with Crippen LogP contribution in [0.3, 0.4) is 0 Å². The molecule has 1 amide bonds. The van der Waals surface area contributed by atoms with Crippen molar-refractivity contribution in [2.75, 3.05) is 26.4 Å². The highest BCUT2D eigenvalue weighted by Gasteiger charge is 2.33. The van der Waals surface area contributed by atoms with Gasteiger partial charge < -0.3 is 18.8 Å². The summed E-state index contributed by atoms with van der Waals surface area (Å²) < 4.78 is 30.0. The number of hydrogen-bond donors (Lipinski definition) is 0. The lowest BCUT2D eigenvalue weighted by molar-refractivity contribution is -0.143. The van der Waals surface area contributed by atoms with Gasteiger partial charge >= 0.3 is 0 Å². The predicted molar refractivity (Wildman–Crippen MR) is 85.6 cm³/mol. The molecule has 0 spiro atoms. The Morgan fingerprint density at radius 3 is 2.92 bits per heavy atom. The fourth-order valence-corrected chi connectivity index (χ4v) is 2.51. The first-order chi connectivity index (χ1) is 12.1. The van der Waals surface area contributed by atoms with Gasteiger partial charge in [0.15, 0.2) is 18.2 Å². The van der Waals surface area contributed by atoms with E-state index in [9.17, 15) is 9.18 Å². The maximum absolute atomic E-state index is 13.6. The fourth-order valence-electron chi connectivity index (χ4n) is 2.51. The third-order valence-corrected chi connectivity index (χ3v) is 3.87. The number of nitrogens with zero attached hydrogens (tertiary/aromatic N) is 3. The van der Waals surface area contributed by atoms with Crippen LogP contribution in [0.2, 0.25) is 0 Å². The molecule has 0 bridgehead atoms. The monoisotopic (exact) mass is 349 g/mol. The smallest absolute Gasteiger partial charge is 0.261 e. The molecule has 1 aliphatic rings. The zero-order valence-electron chi connectivity index (χ0n) is 14.1. The molecule has 0 saturated carbocycles. The van der Waals surface area contributed by atoms with Crippen LogP contribution in [0.1, 0.15) is 37.6 Å². The van der Waals surface area contributed by atoms with Crippen molar-refractivity contribution in [2.24, 2.45) is 0 Å². The summed E-state index contributed by atoms with van der Waals surface area (Å²) in [5, 5.41) is 8.03. The zero-order valence-corrected chi connectivity index (χ0v) is 14.1. The standard InChI is InChI=1S/C17H20FN3O4/c1-11(2)16-19-20-17(25-16)13-9-23-8-7-21(13)15(22)10-24-14-6-4-3-5-12(14)18/h3-6,11,13H,7-10H2,1-2H3/t13-/m0/s1. The third kappa shape index (κ3) is 3.96. The zero-order chi connectivity index (χ0) is 17.8. The van der Waals surface area contributed by atoms with Gasteiger partial charge in [0, 0.05) is 12.5 Å². The van der Waals surface area contributed by atoms with Crippen molar-refractivity contribution in [3.63, 3.8) is 0 Å². The minimum absolute atomic E-state index is 0.0422. The van der Waals surface area contributed by atoms with E-state index in [1.54, 1.807) is 17.0 Å². The Labute approximate surface area is 144 Å². The molecule has 3 rings (SSSR count). The molecule has 1 atom stereocenters. The van der Waals surface area contributed by atoms with Gasteiger partial charge in [-0.05, 0) is 12.1 Å². The van der Waals surface area contributed by atoms with Crippen molar-refractivity contribution in [1.29, 1.82) is 0 Å². The van der Waals surface area contributed by atoms with Gasteiger partial charge in [-0.25, -0.2) is 4.39 Å². The van der Waals surface area contributed by atoms with Crippen LogP contribution in [-0.2, 0) is 9.53 Å². The van der Waals surface area contributed by atoms with Crippen LogP contribution in [-0.4, -0.2) is 47.4 Å². The summed E-state index contributed by atoms with van der Waals surface area (Å²) in [6, 6.07) is 5.50. The average Bonchev–Trinajstić information content (AvgIpc) is 3.11. The molecule has 0 radical (unpaired) electrons. The van der Waals surface area contributed by atoms with Gasteiger partial charge in [0.2, 0.25) is 11.8 Å². The van der Waals surface area contributed by atoms with Crippen LogP contribution < -0.4 is 4.74 Å². The molecular formula is C17H20FN3O4. The van der Waals surface area contributed by atoms with E-state index in [1.165, 1.54) is 12.1 Å². The number of benzene rings is 1. The Balaban J connectivity index is 1.69. The lowest BCUT2D eigenvalue weighted by Gasteiger charge is -2.33. The quantitative estimate of drug-likeness (QED) is 0.824. The number of ether oxygens (including phenoxy) is 2. The highest BCUT2D eigenvalue weighted by molar-refractivity contribution is 5.78. The van der Waals surface area contributed by atoms with E-state index in [0.717, 1.165) is 0 Å². The molecule has 1 aromatic heterocycles. The number of para-hydroxylation sites is 1. The van der Waals surface area contributed by atoms with Gasteiger partial charge in [0.1, 0.15) is 6.04 Å². The summed E-state index contributed by atoms with van der Waals surface area (Å²) in [5.41, 5.74) is 0. The first-order valence-corrected chi connectivity index (χ1v) is 8.14. The molecule has 1 aliphatic heterocycles. The van der Waals surface area contributed by atoms with Gasteiger partial charge in [-0.1, -0.05) is 26.0 Å². The van der Waals surface area contributed by atoms with Crippen molar-refractivity contribution < 1.29 is 23.1 Å². The van der Waals surface area contributed by atoms with Gasteiger partial charge in [-0.2, -0.15) is 0 Å². The van der Waals surface area contributed by atoms with Gasteiger partial charge in [-0.3, -0.25) is 4.79 Å². The van der Waals surface area contributed by atoms with Crippen LogP contribution in [0.5, 0.6) is 5.75 Å². The van der Waals surface area contributed by atoms with Crippen molar-refractivity contribution >= 4 is 5.91 Å². The van der Waals surface area contributed by atoms with Crippen LogP contribution in [0, 0.1) is 5.82 Å². The molecular weight excluding hydrogens is 329 g/mol. The first kappa shape index (κ1) is 17.3. The van der Waals surface area contributed by atoms with E-state index in [4.69, 9.17) is 13.9 Å². The normalized spacial score (nSPS) is 17.8. The number of carbonyl (C=O) groups is 1. The topological polar surface area (TPSA) is 77.7 Å². The molecule has 7 nitrogen and oxygen atoms in total. The number of aromatic nitrogens is 2. The van der Waals surface area contributed by atoms with Crippen molar-refractivity contribution in [3.8, 4) is 5.75 Å². The SMILES string of the molecule is CC(C)c1nnc([C@@H]2COCCN2C(=O)COc2ccccc2F)o1. The minimum atomic E-state index is -0.507. The molecule has 2 aromatic rings.